The summed E-state index contributed by atoms with van der Waals surface area (Å²) >= 11 is 0. The van der Waals surface area contributed by atoms with Gasteiger partial charge in [-0.15, -0.1) is 0 Å². The lowest BCUT2D eigenvalue weighted by molar-refractivity contribution is -0.152. The van der Waals surface area contributed by atoms with Crippen molar-refractivity contribution in [2.45, 2.75) is 83.6 Å². The summed E-state index contributed by atoms with van der Waals surface area (Å²) in [4.78, 5) is 28.3. The van der Waals surface area contributed by atoms with Crippen LogP contribution in [0, 0.1) is 5.41 Å². The van der Waals surface area contributed by atoms with Gasteiger partial charge in [-0.3, -0.25) is 0 Å². The molecule has 3 fully saturated rings. The number of aromatic nitrogens is 2. The van der Waals surface area contributed by atoms with Gasteiger partial charge in [0.1, 0.15) is 11.4 Å². The third-order valence-electron chi connectivity index (χ3n) is 6.38. The van der Waals surface area contributed by atoms with E-state index in [1.54, 1.807) is 18.2 Å². The summed E-state index contributed by atoms with van der Waals surface area (Å²) in [5, 5.41) is 22.7. The van der Waals surface area contributed by atoms with Gasteiger partial charge >= 0.3 is 12.1 Å². The third kappa shape index (κ3) is 4.13. The van der Waals surface area contributed by atoms with Crippen molar-refractivity contribution >= 4 is 23.1 Å². The van der Waals surface area contributed by atoms with E-state index in [1.807, 2.05) is 32.3 Å². The predicted octanol–water partition coefficient (Wildman–Crippen LogP) is 3.50. The Morgan fingerprint density at radius 2 is 1.97 bits per heavy atom. The Bertz CT molecular complexity index is 1020. The molecule has 5 rings (SSSR count). The number of nitrogens with zero attached hydrogens (tertiary/aromatic N) is 2. The molecule has 0 aliphatic heterocycles. The Morgan fingerprint density at radius 1 is 1.29 bits per heavy atom. The molecule has 1 atom stereocenters. The maximum atomic E-state index is 12.1. The van der Waals surface area contributed by atoms with Gasteiger partial charge in [0.15, 0.2) is 0 Å². The number of nitrogens with one attached hydrogen (secondary N) is 1. The summed E-state index contributed by atoms with van der Waals surface area (Å²) in [5.41, 5.74) is 1.05. The topological polar surface area (TPSA) is 114 Å². The summed E-state index contributed by atoms with van der Waals surface area (Å²) in [6.07, 6.45) is 3.06. The smallest absolute Gasteiger partial charge is 0.408 e. The van der Waals surface area contributed by atoms with Gasteiger partial charge in [-0.05, 0) is 70.1 Å². The average molecular weight is 430 g/mol. The van der Waals surface area contributed by atoms with E-state index in [9.17, 15) is 19.8 Å². The first-order valence-electron chi connectivity index (χ1n) is 10.8. The van der Waals surface area contributed by atoms with Crippen LogP contribution in [0.4, 0.5) is 4.79 Å². The molecule has 0 saturated heterocycles. The van der Waals surface area contributed by atoms with Gasteiger partial charge in [-0.2, -0.15) is 0 Å². The molecule has 1 aromatic heterocycles. The largest absolute Gasteiger partial charge is 0.478 e. The van der Waals surface area contributed by atoms with Crippen molar-refractivity contribution in [2.24, 2.45) is 5.41 Å². The fourth-order valence-corrected chi connectivity index (χ4v) is 5.16. The Hall–Kier alpha value is -2.61. The van der Waals surface area contributed by atoms with Crippen molar-refractivity contribution in [2.75, 3.05) is 0 Å². The van der Waals surface area contributed by atoms with Gasteiger partial charge in [0.2, 0.25) is 0 Å². The Kier molecular flexibility index (Phi) is 5.04. The lowest BCUT2D eigenvalue weighted by Crippen LogP contribution is -2.75. The van der Waals surface area contributed by atoms with Crippen LogP contribution < -0.4 is 5.32 Å². The van der Waals surface area contributed by atoms with E-state index in [-0.39, 0.29) is 22.6 Å². The number of imidazole rings is 1. The number of benzene rings is 1. The molecule has 0 radical (unpaired) electrons. The second kappa shape index (κ2) is 7.22. The minimum absolute atomic E-state index is 0.0843. The number of hydrogen-bond donors (Lipinski definition) is 3. The lowest BCUT2D eigenvalue weighted by atomic mass is 9.38. The molecule has 3 aliphatic carbocycles. The van der Waals surface area contributed by atoms with E-state index in [0.717, 1.165) is 42.5 Å². The first-order chi connectivity index (χ1) is 14.4. The van der Waals surface area contributed by atoms with Gasteiger partial charge in [0.25, 0.3) is 0 Å². The first-order valence-corrected chi connectivity index (χ1v) is 10.8. The number of rotatable bonds is 7. The number of fused-ring (bicyclic) bond motifs is 1. The summed E-state index contributed by atoms with van der Waals surface area (Å²) in [6.45, 7) is 7.84. The number of carboxylic acid groups (broad SMARTS) is 1. The van der Waals surface area contributed by atoms with E-state index in [1.165, 1.54) is 0 Å². The van der Waals surface area contributed by atoms with E-state index in [0.29, 0.717) is 13.0 Å². The van der Waals surface area contributed by atoms with E-state index >= 15 is 0 Å². The number of aromatic carboxylic acids is 1. The van der Waals surface area contributed by atoms with Crippen molar-refractivity contribution < 1.29 is 24.5 Å². The zero-order valence-corrected chi connectivity index (χ0v) is 18.6. The molecular weight excluding hydrogens is 398 g/mol. The van der Waals surface area contributed by atoms with E-state index < -0.39 is 17.7 Å². The number of amides is 1. The molecule has 0 spiro atoms. The van der Waals surface area contributed by atoms with Crippen molar-refractivity contribution in [3.8, 4) is 0 Å². The quantitative estimate of drug-likeness (QED) is 0.621. The predicted molar refractivity (Wildman–Crippen MR) is 115 cm³/mol. The van der Waals surface area contributed by atoms with Gasteiger partial charge in [-0.25, -0.2) is 14.6 Å². The van der Waals surface area contributed by atoms with Crippen molar-refractivity contribution in [3.05, 3.63) is 29.6 Å². The minimum Gasteiger partial charge on any atom is -0.478 e. The molecule has 0 unspecified atom stereocenters. The highest BCUT2D eigenvalue weighted by molar-refractivity contribution is 5.92. The van der Waals surface area contributed by atoms with E-state index in [2.05, 4.69) is 5.32 Å². The average Bonchev–Trinajstić information content (AvgIpc) is 2.93. The van der Waals surface area contributed by atoms with Crippen molar-refractivity contribution in [3.63, 3.8) is 0 Å². The van der Waals surface area contributed by atoms with Crippen LogP contribution in [0.25, 0.3) is 11.0 Å². The van der Waals surface area contributed by atoms with Crippen LogP contribution in [-0.4, -0.2) is 49.1 Å². The summed E-state index contributed by atoms with van der Waals surface area (Å²) in [5.74, 6) is -0.127. The fourth-order valence-electron chi connectivity index (χ4n) is 5.16. The normalized spacial score (nSPS) is 25.5. The number of ether oxygens (including phenoxy) is 1. The second-order valence-corrected chi connectivity index (χ2v) is 10.3. The number of alkyl carbamates (subject to hydrolysis) is 1. The molecule has 2 bridgehead atoms. The Morgan fingerprint density at radius 3 is 2.55 bits per heavy atom. The molecule has 3 N–H and O–H groups in total. The number of aliphatic hydroxyl groups is 1. The fraction of sp³-hybridized carbons (Fsp3) is 0.609. The summed E-state index contributed by atoms with van der Waals surface area (Å²) < 4.78 is 7.35. The molecule has 8 heteroatoms. The molecular formula is C23H31N3O5. The highest BCUT2D eigenvalue weighted by Crippen LogP contribution is 2.68. The molecule has 31 heavy (non-hydrogen) atoms. The van der Waals surface area contributed by atoms with Gasteiger partial charge < -0.3 is 24.8 Å². The van der Waals surface area contributed by atoms with Crippen LogP contribution in [0.5, 0.6) is 0 Å². The highest BCUT2D eigenvalue weighted by atomic mass is 16.6. The zero-order valence-electron chi connectivity index (χ0n) is 18.6. The third-order valence-corrected chi connectivity index (χ3v) is 6.38. The SMILES string of the molecule is CC[C@H](O)Cn1c(CC23CC(NC(=O)OC(C)(C)C)(C2)C3)nc2ccc(C(=O)O)cc21. The lowest BCUT2D eigenvalue weighted by Gasteiger charge is -2.70. The van der Waals surface area contributed by atoms with Crippen LogP contribution >= 0.6 is 0 Å². The van der Waals surface area contributed by atoms with E-state index in [4.69, 9.17) is 9.72 Å². The van der Waals surface area contributed by atoms with Crippen LogP contribution in [0.2, 0.25) is 0 Å². The van der Waals surface area contributed by atoms with Crippen molar-refractivity contribution in [1.82, 2.24) is 14.9 Å². The maximum Gasteiger partial charge on any atom is 0.408 e. The molecule has 8 nitrogen and oxygen atoms in total. The van der Waals surface area contributed by atoms with Gasteiger partial charge in [0.05, 0.1) is 29.2 Å². The Balaban J connectivity index is 1.51. The highest BCUT2D eigenvalue weighted by Gasteiger charge is 2.68. The van der Waals surface area contributed by atoms with Crippen LogP contribution in [0.15, 0.2) is 18.2 Å². The van der Waals surface area contributed by atoms with Gasteiger partial charge in [-0.1, -0.05) is 6.92 Å². The number of carbonyl (C=O) groups excluding carboxylic acids is 1. The zero-order chi connectivity index (χ0) is 22.6. The molecule has 2 aromatic rings. The molecule has 3 aliphatic rings. The molecule has 1 amide bonds. The Labute approximate surface area is 181 Å². The molecule has 1 aromatic carbocycles. The minimum atomic E-state index is -0.984. The second-order valence-electron chi connectivity index (χ2n) is 10.3. The summed E-state index contributed by atoms with van der Waals surface area (Å²) in [6, 6.07) is 4.91. The van der Waals surface area contributed by atoms with Gasteiger partial charge in [0, 0.05) is 12.0 Å². The molecule has 3 saturated carbocycles. The molecule has 1 heterocycles. The molecule has 168 valence electrons. The standard InChI is InChI=1S/C23H31N3O5/c1-5-15(27)10-26-17-8-14(19(28)29)6-7-16(17)24-18(26)9-22-11-23(12-22,13-22)25-20(30)31-21(2,3)4/h6-8,15,27H,5,9-13H2,1-4H3,(H,25,30)(H,28,29)/t15-,22?,23?/m0/s1. The van der Waals surface area contributed by atoms with Crippen LogP contribution in [-0.2, 0) is 17.7 Å². The summed E-state index contributed by atoms with van der Waals surface area (Å²) in [7, 11) is 0. The number of aliphatic hydroxyl groups excluding tert-OH is 1. The maximum absolute atomic E-state index is 12.1. The number of carbonyl (C=O) groups is 2. The first kappa shape index (κ1) is 21.6. The number of hydrogen-bond acceptors (Lipinski definition) is 5. The monoisotopic (exact) mass is 429 g/mol. The van der Waals surface area contributed by atoms with Crippen LogP contribution in [0.1, 0.15) is 69.6 Å². The van der Waals surface area contributed by atoms with Crippen LogP contribution in [0.3, 0.4) is 0 Å². The van der Waals surface area contributed by atoms with Crippen molar-refractivity contribution in [1.29, 1.82) is 0 Å². The number of carboxylic acids is 1.